The van der Waals surface area contributed by atoms with Gasteiger partial charge in [-0.1, -0.05) is 62.4 Å². The lowest BCUT2D eigenvalue weighted by Gasteiger charge is -2.31. The predicted molar refractivity (Wildman–Crippen MR) is 78.6 cm³/mol. The molecule has 1 unspecified atom stereocenters. The van der Waals surface area contributed by atoms with Crippen LogP contribution in [-0.2, 0) is 0 Å². The highest BCUT2D eigenvalue weighted by molar-refractivity contribution is 5.95. The Hall–Kier alpha value is -1.60. The normalized spacial score (nSPS) is 17.6. The monoisotopic (exact) mass is 237 g/mol. The van der Waals surface area contributed by atoms with E-state index in [0.717, 1.165) is 13.1 Å². The Morgan fingerprint density at radius 1 is 1.00 bits per heavy atom. The van der Waals surface area contributed by atoms with Crippen molar-refractivity contribution in [2.45, 2.75) is 19.9 Å². The second kappa shape index (κ2) is 4.58. The molecule has 0 bridgehead atoms. The zero-order chi connectivity index (χ0) is 12.5. The van der Waals surface area contributed by atoms with Gasteiger partial charge in [0, 0.05) is 0 Å². The van der Waals surface area contributed by atoms with Crippen LogP contribution in [0.3, 0.4) is 0 Å². The molecule has 0 heterocycles. The molecule has 0 amide bonds. The Morgan fingerprint density at radius 2 is 1.72 bits per heavy atom. The molecule has 1 nitrogen and oxygen atoms in total. The average Bonchev–Trinajstić information content (AvgIpc) is 2.43. The van der Waals surface area contributed by atoms with Crippen molar-refractivity contribution in [3.05, 3.63) is 53.6 Å². The van der Waals surface area contributed by atoms with Crippen LogP contribution < -0.4 is 0 Å². The van der Waals surface area contributed by atoms with Crippen molar-refractivity contribution >= 4 is 16.8 Å². The molecule has 2 aromatic carbocycles. The molecule has 2 aromatic rings. The van der Waals surface area contributed by atoms with Crippen LogP contribution in [0.1, 0.15) is 31.0 Å². The number of hydrogen-bond acceptors (Lipinski definition) is 1. The lowest BCUT2D eigenvalue weighted by atomic mass is 9.89. The number of hydrogen-bond donors (Lipinski definition) is 0. The quantitative estimate of drug-likeness (QED) is 0.771. The fourth-order valence-electron chi connectivity index (χ4n) is 3.02. The van der Waals surface area contributed by atoms with E-state index in [2.05, 4.69) is 67.3 Å². The van der Waals surface area contributed by atoms with Gasteiger partial charge < -0.3 is 0 Å². The van der Waals surface area contributed by atoms with Crippen molar-refractivity contribution in [1.82, 2.24) is 4.90 Å². The van der Waals surface area contributed by atoms with Gasteiger partial charge in [-0.25, -0.2) is 0 Å². The van der Waals surface area contributed by atoms with Gasteiger partial charge in [0.05, 0.1) is 6.04 Å². The summed E-state index contributed by atoms with van der Waals surface area (Å²) in [5.41, 5.74) is 2.81. The summed E-state index contributed by atoms with van der Waals surface area (Å²) in [7, 11) is 0. The van der Waals surface area contributed by atoms with Crippen LogP contribution in [0.15, 0.2) is 42.5 Å². The molecule has 0 N–H and O–H groups in total. The molecular weight excluding hydrogens is 218 g/mol. The zero-order valence-electron chi connectivity index (χ0n) is 11.1. The van der Waals surface area contributed by atoms with Gasteiger partial charge >= 0.3 is 0 Å². The molecule has 18 heavy (non-hydrogen) atoms. The number of benzene rings is 2. The molecule has 1 atom stereocenters. The maximum Gasteiger partial charge on any atom is 0.0540 e. The number of rotatable bonds is 3. The Kier molecular flexibility index (Phi) is 2.92. The summed E-state index contributed by atoms with van der Waals surface area (Å²) in [4.78, 5) is 2.50. The largest absolute Gasteiger partial charge is 0.293 e. The molecule has 1 heteroatoms. The average molecular weight is 237 g/mol. The van der Waals surface area contributed by atoms with Crippen molar-refractivity contribution in [3.8, 4) is 0 Å². The van der Waals surface area contributed by atoms with Gasteiger partial charge in [0.2, 0.25) is 0 Å². The van der Waals surface area contributed by atoms with Gasteiger partial charge in [0.1, 0.15) is 0 Å². The lowest BCUT2D eigenvalue weighted by molar-refractivity contribution is 0.258. The first-order valence-corrected chi connectivity index (χ1v) is 6.79. The highest BCUT2D eigenvalue weighted by atomic mass is 15.1. The van der Waals surface area contributed by atoms with E-state index in [1.807, 2.05) is 0 Å². The van der Waals surface area contributed by atoms with Crippen molar-refractivity contribution in [2.24, 2.45) is 0 Å². The van der Waals surface area contributed by atoms with E-state index in [4.69, 9.17) is 0 Å². The van der Waals surface area contributed by atoms with E-state index in [-0.39, 0.29) is 0 Å². The first kappa shape index (κ1) is 11.5. The van der Waals surface area contributed by atoms with Gasteiger partial charge in [-0.3, -0.25) is 4.90 Å². The maximum absolute atomic E-state index is 2.50. The van der Waals surface area contributed by atoms with Crippen molar-refractivity contribution in [1.29, 1.82) is 0 Å². The van der Waals surface area contributed by atoms with Gasteiger partial charge in [-0.15, -0.1) is 0 Å². The van der Waals surface area contributed by atoms with Crippen molar-refractivity contribution in [3.63, 3.8) is 0 Å². The molecule has 0 spiro atoms. The van der Waals surface area contributed by atoms with Gasteiger partial charge in [-0.2, -0.15) is 0 Å². The summed E-state index contributed by atoms with van der Waals surface area (Å²) in [6.07, 6.45) is 4.61. The smallest absolute Gasteiger partial charge is 0.0540 e. The number of nitrogens with zero attached hydrogens (tertiary/aromatic N) is 1. The molecule has 92 valence electrons. The third kappa shape index (κ3) is 1.67. The van der Waals surface area contributed by atoms with E-state index in [1.54, 1.807) is 0 Å². The summed E-state index contributed by atoms with van der Waals surface area (Å²) < 4.78 is 0. The summed E-state index contributed by atoms with van der Waals surface area (Å²) in [5.74, 6) is 0. The Labute approximate surface area is 109 Å². The van der Waals surface area contributed by atoms with E-state index in [0.29, 0.717) is 6.04 Å². The topological polar surface area (TPSA) is 3.24 Å². The molecule has 0 saturated carbocycles. The standard InChI is InChI=1S/C17H19N/c1-3-18(4-2)16-12-11-14-8-5-7-13-9-6-10-15(16)17(13)14/h5-12,16H,3-4H2,1-2H3. The third-order valence-corrected chi connectivity index (χ3v) is 3.95. The van der Waals surface area contributed by atoms with Crippen molar-refractivity contribution < 1.29 is 0 Å². The molecule has 1 aliphatic carbocycles. The van der Waals surface area contributed by atoms with Crippen LogP contribution in [0.4, 0.5) is 0 Å². The van der Waals surface area contributed by atoms with Gasteiger partial charge in [0.25, 0.3) is 0 Å². The minimum atomic E-state index is 0.429. The molecule has 3 rings (SSSR count). The second-order valence-corrected chi connectivity index (χ2v) is 4.82. The predicted octanol–water partition coefficient (Wildman–Crippen LogP) is 4.25. The van der Waals surface area contributed by atoms with E-state index in [1.165, 1.54) is 21.9 Å². The Morgan fingerprint density at radius 3 is 2.44 bits per heavy atom. The molecule has 0 aromatic heterocycles. The third-order valence-electron chi connectivity index (χ3n) is 3.95. The summed E-state index contributed by atoms with van der Waals surface area (Å²) in [6.45, 7) is 6.64. The molecule has 0 aliphatic heterocycles. The molecule has 1 aliphatic rings. The van der Waals surface area contributed by atoms with Crippen LogP contribution in [0.2, 0.25) is 0 Å². The first-order chi connectivity index (χ1) is 8.85. The molecule has 0 fully saturated rings. The van der Waals surface area contributed by atoms with Gasteiger partial charge in [-0.05, 0) is 35.0 Å². The highest BCUT2D eigenvalue weighted by Gasteiger charge is 2.21. The Balaban J connectivity index is 2.21. The second-order valence-electron chi connectivity index (χ2n) is 4.82. The highest BCUT2D eigenvalue weighted by Crippen LogP contribution is 2.36. The minimum absolute atomic E-state index is 0.429. The minimum Gasteiger partial charge on any atom is -0.293 e. The fraction of sp³-hybridized carbons (Fsp3) is 0.294. The van der Waals surface area contributed by atoms with E-state index in [9.17, 15) is 0 Å². The molecular formula is C17H19N. The van der Waals surface area contributed by atoms with Crippen LogP contribution in [0.5, 0.6) is 0 Å². The summed E-state index contributed by atoms with van der Waals surface area (Å²) >= 11 is 0. The van der Waals surface area contributed by atoms with Crippen molar-refractivity contribution in [2.75, 3.05) is 13.1 Å². The first-order valence-electron chi connectivity index (χ1n) is 6.79. The lowest BCUT2D eigenvalue weighted by Crippen LogP contribution is -2.28. The Bertz CT molecular complexity index is 588. The van der Waals surface area contributed by atoms with Gasteiger partial charge in [0.15, 0.2) is 0 Å². The van der Waals surface area contributed by atoms with Crippen LogP contribution in [0.25, 0.3) is 16.8 Å². The maximum atomic E-state index is 2.50. The summed E-state index contributed by atoms with van der Waals surface area (Å²) in [6, 6.07) is 13.7. The zero-order valence-corrected chi connectivity index (χ0v) is 11.1. The van der Waals surface area contributed by atoms with Crippen LogP contribution in [0, 0.1) is 0 Å². The summed E-state index contributed by atoms with van der Waals surface area (Å²) in [5, 5.41) is 2.78. The molecule has 0 radical (unpaired) electrons. The van der Waals surface area contributed by atoms with E-state index >= 15 is 0 Å². The SMILES string of the molecule is CCN(CC)C1C=Cc2cccc3cccc1c23. The molecule has 0 saturated heterocycles. The van der Waals surface area contributed by atoms with Crippen LogP contribution >= 0.6 is 0 Å². The van der Waals surface area contributed by atoms with E-state index < -0.39 is 0 Å². The number of likely N-dealkylation sites (N-methyl/N-ethyl adjacent to an activating group) is 1. The fourth-order valence-corrected chi connectivity index (χ4v) is 3.02. The van der Waals surface area contributed by atoms with Crippen LogP contribution in [-0.4, -0.2) is 18.0 Å².